The zero-order chi connectivity index (χ0) is 16.9. The van der Waals surface area contributed by atoms with Crippen molar-refractivity contribution in [2.45, 2.75) is 13.3 Å². The van der Waals surface area contributed by atoms with E-state index in [1.807, 2.05) is 30.4 Å². The Kier molecular flexibility index (Phi) is 4.66. The van der Waals surface area contributed by atoms with Crippen LogP contribution in [-0.4, -0.2) is 15.7 Å². The van der Waals surface area contributed by atoms with Gasteiger partial charge in [-0.25, -0.2) is 9.37 Å². The molecule has 24 heavy (non-hydrogen) atoms. The van der Waals surface area contributed by atoms with E-state index in [9.17, 15) is 4.39 Å². The van der Waals surface area contributed by atoms with Crippen LogP contribution in [0.4, 0.5) is 4.39 Å². The molecule has 4 heteroatoms. The summed E-state index contributed by atoms with van der Waals surface area (Å²) in [5.41, 5.74) is 3.78. The molecular formula is C20H18FN3. The van der Waals surface area contributed by atoms with Gasteiger partial charge in [0.05, 0.1) is 5.71 Å². The number of imidazole rings is 1. The predicted octanol–water partition coefficient (Wildman–Crippen LogP) is 4.86. The van der Waals surface area contributed by atoms with Gasteiger partial charge in [0.25, 0.3) is 0 Å². The lowest BCUT2D eigenvalue weighted by molar-refractivity contribution is 0.618. The fourth-order valence-corrected chi connectivity index (χ4v) is 2.61. The molecule has 3 nitrogen and oxygen atoms in total. The number of nitrogens with one attached hydrogen (secondary N) is 2. The fraction of sp³-hybridized carbons (Fsp3) is 0.100. The quantitative estimate of drug-likeness (QED) is 0.777. The van der Waals surface area contributed by atoms with Gasteiger partial charge >= 0.3 is 0 Å². The molecule has 0 unspecified atom stereocenters. The average Bonchev–Trinajstić information content (AvgIpc) is 2.98. The molecule has 0 amide bonds. The van der Waals surface area contributed by atoms with E-state index < -0.39 is 0 Å². The number of nitrogens with zero attached hydrogens (tertiary/aromatic N) is 1. The lowest BCUT2D eigenvalue weighted by atomic mass is 9.93. The Morgan fingerprint density at radius 1 is 1.33 bits per heavy atom. The molecule has 0 bridgehead atoms. The van der Waals surface area contributed by atoms with Crippen molar-refractivity contribution in [3.63, 3.8) is 0 Å². The van der Waals surface area contributed by atoms with Gasteiger partial charge in [-0.2, -0.15) is 0 Å². The van der Waals surface area contributed by atoms with Crippen LogP contribution in [0.1, 0.15) is 23.4 Å². The Hall–Kier alpha value is -3.01. The first-order chi connectivity index (χ1) is 11.6. The maximum absolute atomic E-state index is 13.6. The number of rotatable bonds is 4. The molecule has 1 aliphatic rings. The highest BCUT2D eigenvalue weighted by Crippen LogP contribution is 2.28. The van der Waals surface area contributed by atoms with Crippen LogP contribution in [-0.2, 0) is 0 Å². The molecule has 0 fully saturated rings. The van der Waals surface area contributed by atoms with Gasteiger partial charge in [0.1, 0.15) is 11.6 Å². The monoisotopic (exact) mass is 319 g/mol. The van der Waals surface area contributed by atoms with Gasteiger partial charge in [-0.15, -0.1) is 0 Å². The zero-order valence-corrected chi connectivity index (χ0v) is 13.4. The van der Waals surface area contributed by atoms with E-state index in [1.54, 1.807) is 37.5 Å². The average molecular weight is 319 g/mol. The van der Waals surface area contributed by atoms with E-state index >= 15 is 0 Å². The minimum absolute atomic E-state index is 0.214. The molecule has 1 heterocycles. The number of hydrogen-bond donors (Lipinski definition) is 2. The predicted molar refractivity (Wildman–Crippen MR) is 96.3 cm³/mol. The van der Waals surface area contributed by atoms with Crippen LogP contribution in [0.15, 0.2) is 66.5 Å². The molecule has 0 saturated carbocycles. The van der Waals surface area contributed by atoms with Crippen molar-refractivity contribution in [1.29, 1.82) is 5.41 Å². The molecule has 1 aliphatic carbocycles. The molecular weight excluding hydrogens is 301 g/mol. The first-order valence-corrected chi connectivity index (χ1v) is 7.74. The summed E-state index contributed by atoms with van der Waals surface area (Å²) in [6, 6.07) is 5.09. The van der Waals surface area contributed by atoms with E-state index in [4.69, 9.17) is 5.41 Å². The first-order valence-electron chi connectivity index (χ1n) is 7.74. The van der Waals surface area contributed by atoms with Crippen molar-refractivity contribution in [2.75, 3.05) is 0 Å². The maximum atomic E-state index is 13.6. The summed E-state index contributed by atoms with van der Waals surface area (Å²) in [7, 11) is 0. The lowest BCUT2D eigenvalue weighted by Gasteiger charge is -2.12. The SMILES string of the molecule is Cc1cc(C2=C(C(=N)/C=C\c3ncc[nH]3)C=CC=CC2)ccc1F. The Morgan fingerprint density at radius 3 is 2.96 bits per heavy atom. The van der Waals surface area contributed by atoms with Gasteiger partial charge in [0.2, 0.25) is 0 Å². The molecule has 0 spiro atoms. The first kappa shape index (κ1) is 15.9. The molecule has 3 rings (SSSR count). The second kappa shape index (κ2) is 7.04. The van der Waals surface area contributed by atoms with E-state index in [2.05, 4.69) is 9.97 Å². The molecule has 120 valence electrons. The molecule has 2 N–H and O–H groups in total. The van der Waals surface area contributed by atoms with E-state index in [0.29, 0.717) is 23.5 Å². The number of aryl methyl sites for hydroxylation is 1. The molecule has 2 aromatic rings. The molecule has 1 aromatic carbocycles. The van der Waals surface area contributed by atoms with Crippen LogP contribution in [0.3, 0.4) is 0 Å². The largest absolute Gasteiger partial charge is 0.345 e. The third kappa shape index (κ3) is 3.49. The second-order valence-electron chi connectivity index (χ2n) is 5.57. The fourth-order valence-electron chi connectivity index (χ4n) is 2.61. The van der Waals surface area contributed by atoms with Crippen molar-refractivity contribution in [1.82, 2.24) is 9.97 Å². The third-order valence-electron chi connectivity index (χ3n) is 3.88. The Morgan fingerprint density at radius 2 is 2.21 bits per heavy atom. The van der Waals surface area contributed by atoms with Crippen LogP contribution in [0, 0.1) is 18.2 Å². The van der Waals surface area contributed by atoms with Crippen LogP contribution < -0.4 is 0 Å². The number of benzene rings is 1. The standard InChI is InChI=1S/C20H18FN3/c1-14-13-15(7-8-18(14)21)16-5-3-2-4-6-17(16)19(22)9-10-20-23-11-12-24-20/h2-4,6-13,22H,5H2,1H3,(H,23,24)/b10-9-,22-19?. The Labute approximate surface area is 140 Å². The summed E-state index contributed by atoms with van der Waals surface area (Å²) in [5.74, 6) is 0.489. The van der Waals surface area contributed by atoms with Gasteiger partial charge in [-0.3, -0.25) is 0 Å². The summed E-state index contributed by atoms with van der Waals surface area (Å²) >= 11 is 0. The van der Waals surface area contributed by atoms with Crippen LogP contribution >= 0.6 is 0 Å². The maximum Gasteiger partial charge on any atom is 0.129 e. The van der Waals surface area contributed by atoms with Crippen molar-refractivity contribution >= 4 is 17.4 Å². The molecule has 1 aromatic heterocycles. The van der Waals surface area contributed by atoms with E-state index in [1.165, 1.54) is 6.07 Å². The number of aromatic amines is 1. The molecule has 0 saturated heterocycles. The third-order valence-corrected chi connectivity index (χ3v) is 3.88. The number of aromatic nitrogens is 2. The van der Waals surface area contributed by atoms with Crippen LogP contribution in [0.25, 0.3) is 11.6 Å². The van der Waals surface area contributed by atoms with E-state index in [0.717, 1.165) is 16.7 Å². The molecule has 0 radical (unpaired) electrons. The smallest absolute Gasteiger partial charge is 0.129 e. The van der Waals surface area contributed by atoms with Crippen molar-refractivity contribution in [2.24, 2.45) is 0 Å². The Balaban J connectivity index is 2.00. The van der Waals surface area contributed by atoms with Gasteiger partial charge < -0.3 is 10.4 Å². The number of H-pyrrole nitrogens is 1. The normalized spacial score (nSPS) is 14.4. The summed E-state index contributed by atoms with van der Waals surface area (Å²) in [4.78, 5) is 7.10. The number of allylic oxidation sites excluding steroid dienone is 7. The minimum atomic E-state index is -0.214. The number of hydrogen-bond acceptors (Lipinski definition) is 2. The highest BCUT2D eigenvalue weighted by molar-refractivity contribution is 6.15. The van der Waals surface area contributed by atoms with Crippen LogP contribution in [0.2, 0.25) is 0 Å². The Bertz CT molecular complexity index is 868. The number of halogens is 1. The van der Waals surface area contributed by atoms with Crippen molar-refractivity contribution in [3.8, 4) is 0 Å². The summed E-state index contributed by atoms with van der Waals surface area (Å²) in [6.07, 6.45) is 15.5. The minimum Gasteiger partial charge on any atom is -0.345 e. The van der Waals surface area contributed by atoms with Gasteiger partial charge in [-0.05, 0) is 54.3 Å². The van der Waals surface area contributed by atoms with Crippen LogP contribution in [0.5, 0.6) is 0 Å². The summed E-state index contributed by atoms with van der Waals surface area (Å²) < 4.78 is 13.6. The molecule has 0 aliphatic heterocycles. The van der Waals surface area contributed by atoms with Gasteiger partial charge in [0, 0.05) is 18.0 Å². The second-order valence-corrected chi connectivity index (χ2v) is 5.57. The highest BCUT2D eigenvalue weighted by atomic mass is 19.1. The van der Waals surface area contributed by atoms with Crippen molar-refractivity contribution < 1.29 is 4.39 Å². The topological polar surface area (TPSA) is 52.5 Å². The van der Waals surface area contributed by atoms with Crippen molar-refractivity contribution in [3.05, 3.63) is 89.3 Å². The zero-order valence-electron chi connectivity index (χ0n) is 13.4. The molecule has 0 atom stereocenters. The van der Waals surface area contributed by atoms with Gasteiger partial charge in [0.15, 0.2) is 0 Å². The highest BCUT2D eigenvalue weighted by Gasteiger charge is 2.12. The summed E-state index contributed by atoms with van der Waals surface area (Å²) in [5, 5.41) is 8.42. The summed E-state index contributed by atoms with van der Waals surface area (Å²) in [6.45, 7) is 1.75. The van der Waals surface area contributed by atoms with E-state index in [-0.39, 0.29) is 5.82 Å². The van der Waals surface area contributed by atoms with Gasteiger partial charge in [-0.1, -0.05) is 30.4 Å². The lowest BCUT2D eigenvalue weighted by Crippen LogP contribution is -2.00.